The third kappa shape index (κ3) is 4.98. The molecule has 128 valence electrons. The molecule has 1 aromatic rings. The lowest BCUT2D eigenvalue weighted by molar-refractivity contribution is -0.146. The van der Waals surface area contributed by atoms with E-state index in [4.69, 9.17) is 4.74 Å². The summed E-state index contributed by atoms with van der Waals surface area (Å²) in [5.41, 5.74) is 0.878. The first kappa shape index (κ1) is 19.0. The van der Waals surface area contributed by atoms with Crippen LogP contribution in [0.4, 0.5) is 0 Å². The first-order valence-corrected chi connectivity index (χ1v) is 7.88. The van der Waals surface area contributed by atoms with Crippen molar-refractivity contribution >= 4 is 11.9 Å². The molecule has 0 aromatic heterocycles. The largest absolute Gasteiger partial charge is 0.480 e. The molecule has 1 aromatic carbocycles. The second-order valence-corrected chi connectivity index (χ2v) is 6.56. The zero-order chi connectivity index (χ0) is 17.8. The van der Waals surface area contributed by atoms with Crippen molar-refractivity contribution in [1.82, 2.24) is 5.32 Å². The molecule has 0 aliphatic rings. The maximum atomic E-state index is 12.5. The van der Waals surface area contributed by atoms with Crippen molar-refractivity contribution in [2.45, 2.75) is 59.6 Å². The van der Waals surface area contributed by atoms with E-state index in [0.717, 1.165) is 11.1 Å². The molecule has 0 bridgehead atoms. The molecule has 5 heteroatoms. The van der Waals surface area contributed by atoms with Gasteiger partial charge in [-0.3, -0.25) is 4.79 Å². The van der Waals surface area contributed by atoms with Crippen LogP contribution in [0.25, 0.3) is 0 Å². The number of amides is 1. The Morgan fingerprint density at radius 1 is 1.30 bits per heavy atom. The van der Waals surface area contributed by atoms with E-state index in [9.17, 15) is 14.7 Å². The van der Waals surface area contributed by atoms with Crippen LogP contribution in [-0.4, -0.2) is 28.6 Å². The monoisotopic (exact) mass is 321 g/mol. The Kier molecular flexibility index (Phi) is 6.19. The Morgan fingerprint density at radius 3 is 2.39 bits per heavy atom. The van der Waals surface area contributed by atoms with Crippen LogP contribution < -0.4 is 10.1 Å². The summed E-state index contributed by atoms with van der Waals surface area (Å²) in [5.74, 6) is -1.01. The summed E-state index contributed by atoms with van der Waals surface area (Å²) in [4.78, 5) is 23.8. The molecule has 0 saturated carbocycles. The highest BCUT2D eigenvalue weighted by atomic mass is 16.5. The highest BCUT2D eigenvalue weighted by molar-refractivity contribution is 5.89. The molecule has 0 heterocycles. The minimum atomic E-state index is -1.17. The predicted octanol–water partition coefficient (Wildman–Crippen LogP) is 3.08. The van der Waals surface area contributed by atoms with Gasteiger partial charge in [-0.1, -0.05) is 38.0 Å². The predicted molar refractivity (Wildman–Crippen MR) is 89.6 cm³/mol. The molecule has 1 rings (SSSR count). The van der Waals surface area contributed by atoms with Crippen LogP contribution in [0.15, 0.2) is 18.2 Å². The van der Waals surface area contributed by atoms with E-state index in [1.54, 1.807) is 20.8 Å². The summed E-state index contributed by atoms with van der Waals surface area (Å²) < 4.78 is 5.84. The second kappa shape index (κ2) is 7.49. The van der Waals surface area contributed by atoms with Gasteiger partial charge in [-0.15, -0.1) is 0 Å². The van der Waals surface area contributed by atoms with E-state index < -0.39 is 23.5 Å². The molecule has 0 saturated heterocycles. The van der Waals surface area contributed by atoms with Gasteiger partial charge in [0, 0.05) is 0 Å². The number of hydrogen-bond acceptors (Lipinski definition) is 3. The summed E-state index contributed by atoms with van der Waals surface area (Å²) in [5, 5.41) is 11.9. The molecule has 0 aliphatic heterocycles. The molecule has 0 fully saturated rings. The number of aryl methyl sites for hydroxylation is 2. The lowest BCUT2D eigenvalue weighted by Crippen LogP contribution is -2.54. The van der Waals surface area contributed by atoms with Gasteiger partial charge in [0.2, 0.25) is 0 Å². The fourth-order valence-electron chi connectivity index (χ4n) is 2.23. The molecule has 5 nitrogen and oxygen atoms in total. The van der Waals surface area contributed by atoms with Crippen LogP contribution in [0.2, 0.25) is 0 Å². The molecule has 0 radical (unpaired) electrons. The van der Waals surface area contributed by atoms with E-state index >= 15 is 0 Å². The summed E-state index contributed by atoms with van der Waals surface area (Å²) >= 11 is 0. The molecular weight excluding hydrogens is 294 g/mol. The van der Waals surface area contributed by atoms with E-state index in [0.29, 0.717) is 12.2 Å². The number of ether oxygens (including phenoxy) is 1. The van der Waals surface area contributed by atoms with Gasteiger partial charge in [0.15, 0.2) is 5.60 Å². The lowest BCUT2D eigenvalue weighted by atomic mass is 9.98. The van der Waals surface area contributed by atoms with E-state index in [-0.39, 0.29) is 5.92 Å². The summed E-state index contributed by atoms with van der Waals surface area (Å²) in [7, 11) is 0. The number of rotatable bonds is 7. The number of aliphatic carboxylic acids is 1. The molecular formula is C18H27NO4. The average molecular weight is 321 g/mol. The molecule has 0 aliphatic carbocycles. The first-order chi connectivity index (χ1) is 10.6. The van der Waals surface area contributed by atoms with Crippen LogP contribution in [-0.2, 0) is 9.59 Å². The third-order valence-corrected chi connectivity index (χ3v) is 4.01. The third-order valence-electron chi connectivity index (χ3n) is 4.01. The number of carbonyl (C=O) groups is 2. The highest BCUT2D eigenvalue weighted by Gasteiger charge is 2.35. The quantitative estimate of drug-likeness (QED) is 0.809. The van der Waals surface area contributed by atoms with Gasteiger partial charge in [0.25, 0.3) is 5.91 Å². The van der Waals surface area contributed by atoms with Gasteiger partial charge >= 0.3 is 5.97 Å². The first-order valence-electron chi connectivity index (χ1n) is 7.88. The summed E-state index contributed by atoms with van der Waals surface area (Å²) in [6.45, 7) is 10.9. The van der Waals surface area contributed by atoms with Crippen molar-refractivity contribution in [2.24, 2.45) is 5.92 Å². The van der Waals surface area contributed by atoms with E-state index in [1.807, 2.05) is 39.0 Å². The number of carbonyl (C=O) groups excluding carboxylic acids is 1. The Bertz CT molecular complexity index is 580. The Hall–Kier alpha value is -2.04. The number of benzene rings is 1. The van der Waals surface area contributed by atoms with E-state index in [1.165, 1.54) is 0 Å². The zero-order valence-electron chi connectivity index (χ0n) is 14.8. The normalized spacial score (nSPS) is 14.0. The minimum Gasteiger partial charge on any atom is -0.480 e. The summed E-state index contributed by atoms with van der Waals surface area (Å²) in [6.07, 6.45) is 0.662. The fourth-order valence-corrected chi connectivity index (χ4v) is 2.23. The standard InChI is InChI=1S/C18H27NO4/c1-7-12(3)15(16(20)21)19-17(22)18(5,6)23-14-9-8-11(2)10-13(14)4/h8-10,12,15H,7H2,1-6H3,(H,19,22)(H,20,21). The van der Waals surface area contributed by atoms with Crippen LogP contribution in [0.1, 0.15) is 45.2 Å². The number of nitrogens with one attached hydrogen (secondary N) is 1. The van der Waals surface area contributed by atoms with Crippen LogP contribution >= 0.6 is 0 Å². The second-order valence-electron chi connectivity index (χ2n) is 6.56. The molecule has 23 heavy (non-hydrogen) atoms. The van der Waals surface area contributed by atoms with Crippen LogP contribution in [0, 0.1) is 19.8 Å². The smallest absolute Gasteiger partial charge is 0.326 e. The van der Waals surface area contributed by atoms with E-state index in [2.05, 4.69) is 5.32 Å². The maximum Gasteiger partial charge on any atom is 0.326 e. The SMILES string of the molecule is CCC(C)C(NC(=O)C(C)(C)Oc1ccc(C)cc1C)C(=O)O. The van der Waals surface area contributed by atoms with Crippen molar-refractivity contribution in [3.63, 3.8) is 0 Å². The van der Waals surface area contributed by atoms with Crippen molar-refractivity contribution < 1.29 is 19.4 Å². The molecule has 2 atom stereocenters. The zero-order valence-corrected chi connectivity index (χ0v) is 14.8. The molecule has 2 unspecified atom stereocenters. The number of hydrogen-bond donors (Lipinski definition) is 2. The van der Waals surface area contributed by atoms with Gasteiger partial charge in [0.05, 0.1) is 0 Å². The van der Waals surface area contributed by atoms with Gasteiger partial charge in [-0.05, 0) is 45.2 Å². The van der Waals surface area contributed by atoms with Crippen molar-refractivity contribution in [3.05, 3.63) is 29.3 Å². The lowest BCUT2D eigenvalue weighted by Gasteiger charge is -2.29. The Balaban J connectivity index is 2.89. The van der Waals surface area contributed by atoms with Gasteiger partial charge < -0.3 is 15.2 Å². The van der Waals surface area contributed by atoms with Gasteiger partial charge in [0.1, 0.15) is 11.8 Å². The minimum absolute atomic E-state index is 0.159. The maximum absolute atomic E-state index is 12.5. The molecule has 2 N–H and O–H groups in total. The van der Waals surface area contributed by atoms with Crippen molar-refractivity contribution in [3.8, 4) is 5.75 Å². The average Bonchev–Trinajstić information content (AvgIpc) is 2.46. The Morgan fingerprint density at radius 2 is 1.91 bits per heavy atom. The van der Waals surface area contributed by atoms with Gasteiger partial charge in [-0.2, -0.15) is 0 Å². The van der Waals surface area contributed by atoms with Crippen LogP contribution in [0.5, 0.6) is 5.75 Å². The molecule has 1 amide bonds. The number of carboxylic acid groups (broad SMARTS) is 1. The summed E-state index contributed by atoms with van der Waals surface area (Å²) in [6, 6.07) is 4.79. The molecule has 0 spiro atoms. The topological polar surface area (TPSA) is 75.6 Å². The van der Waals surface area contributed by atoms with Crippen molar-refractivity contribution in [2.75, 3.05) is 0 Å². The number of carboxylic acids is 1. The van der Waals surface area contributed by atoms with Gasteiger partial charge in [-0.25, -0.2) is 4.79 Å². The Labute approximate surface area is 138 Å². The fraction of sp³-hybridized carbons (Fsp3) is 0.556. The van der Waals surface area contributed by atoms with Crippen molar-refractivity contribution in [1.29, 1.82) is 0 Å². The highest BCUT2D eigenvalue weighted by Crippen LogP contribution is 2.24. The van der Waals surface area contributed by atoms with Crippen LogP contribution in [0.3, 0.4) is 0 Å².